The van der Waals surface area contributed by atoms with Crippen LogP contribution in [0.5, 0.6) is 0 Å². The van der Waals surface area contributed by atoms with E-state index < -0.39 is 6.29 Å². The lowest BCUT2D eigenvalue weighted by Gasteiger charge is -2.24. The number of esters is 1. The maximum absolute atomic E-state index is 11.0. The lowest BCUT2D eigenvalue weighted by Crippen LogP contribution is -2.16. The van der Waals surface area contributed by atoms with Gasteiger partial charge in [-0.25, -0.2) is 4.79 Å². The van der Waals surface area contributed by atoms with E-state index in [0.29, 0.717) is 0 Å². The van der Waals surface area contributed by atoms with E-state index in [4.69, 9.17) is 9.47 Å². The molecule has 1 aliphatic rings. The van der Waals surface area contributed by atoms with Crippen LogP contribution < -0.4 is 0 Å². The second kappa shape index (κ2) is 3.91. The average molecular weight is 220 g/mol. The molecule has 0 radical (unpaired) electrons. The number of cyclic esters (lactones) is 1. The summed E-state index contributed by atoms with van der Waals surface area (Å²) in [5.41, 5.74) is 2.10. The summed E-state index contributed by atoms with van der Waals surface area (Å²) in [7, 11) is 0. The Hall–Kier alpha value is -1.35. The molecule has 2 rings (SSSR count). The number of hydrogen-bond donors (Lipinski definition) is 0. The van der Waals surface area contributed by atoms with Gasteiger partial charge < -0.3 is 9.47 Å². The summed E-state index contributed by atoms with van der Waals surface area (Å²) >= 11 is 0. The molecule has 1 saturated heterocycles. The Kier molecular flexibility index (Phi) is 2.72. The standard InChI is InChI=1S/C13H16O3/c1-13(2,3)10-7-5-4-6-9(10)12-15-8-11(14)16-12/h4-7,12H,8H2,1-3H3/t12-/m1/s1. The van der Waals surface area contributed by atoms with Gasteiger partial charge in [-0.15, -0.1) is 0 Å². The van der Waals surface area contributed by atoms with E-state index in [9.17, 15) is 4.79 Å². The summed E-state index contributed by atoms with van der Waals surface area (Å²) in [4.78, 5) is 11.0. The molecule has 0 aromatic heterocycles. The number of ether oxygens (including phenoxy) is 2. The monoisotopic (exact) mass is 220 g/mol. The van der Waals surface area contributed by atoms with Crippen molar-refractivity contribution >= 4 is 5.97 Å². The minimum Gasteiger partial charge on any atom is -0.430 e. The SMILES string of the molecule is CC(C)(C)c1ccccc1[C@@H]1OCC(=O)O1. The summed E-state index contributed by atoms with van der Waals surface area (Å²) in [6.45, 7) is 6.43. The first kappa shape index (κ1) is 11.1. The van der Waals surface area contributed by atoms with Gasteiger partial charge in [0.05, 0.1) is 0 Å². The molecule has 0 aliphatic carbocycles. The van der Waals surface area contributed by atoms with Gasteiger partial charge in [-0.05, 0) is 11.0 Å². The molecule has 3 heteroatoms. The van der Waals surface area contributed by atoms with Gasteiger partial charge in [0.15, 0.2) is 0 Å². The molecular formula is C13H16O3. The highest BCUT2D eigenvalue weighted by atomic mass is 16.7. The normalized spacial score (nSPS) is 20.9. The van der Waals surface area contributed by atoms with E-state index in [1.54, 1.807) is 0 Å². The van der Waals surface area contributed by atoms with E-state index in [0.717, 1.165) is 11.1 Å². The van der Waals surface area contributed by atoms with Gasteiger partial charge in [-0.2, -0.15) is 0 Å². The van der Waals surface area contributed by atoms with Crippen LogP contribution in [0, 0.1) is 0 Å². The highest BCUT2D eigenvalue weighted by Crippen LogP contribution is 2.33. The van der Waals surface area contributed by atoms with Crippen molar-refractivity contribution in [3.63, 3.8) is 0 Å². The minimum atomic E-state index is -0.539. The van der Waals surface area contributed by atoms with Crippen LogP contribution in [0.1, 0.15) is 38.2 Å². The van der Waals surface area contributed by atoms with Crippen LogP contribution in [0.4, 0.5) is 0 Å². The molecule has 16 heavy (non-hydrogen) atoms. The fourth-order valence-corrected chi connectivity index (χ4v) is 1.87. The third-order valence-corrected chi connectivity index (χ3v) is 2.61. The van der Waals surface area contributed by atoms with Crippen molar-refractivity contribution in [2.24, 2.45) is 0 Å². The Morgan fingerprint density at radius 2 is 1.94 bits per heavy atom. The van der Waals surface area contributed by atoms with Gasteiger partial charge in [-0.3, -0.25) is 0 Å². The first-order valence-corrected chi connectivity index (χ1v) is 5.39. The molecule has 0 spiro atoms. The lowest BCUT2D eigenvalue weighted by atomic mass is 9.83. The average Bonchev–Trinajstić information content (AvgIpc) is 2.64. The molecule has 0 bridgehead atoms. The van der Waals surface area contributed by atoms with Crippen molar-refractivity contribution < 1.29 is 14.3 Å². The molecule has 0 amide bonds. The second-order valence-electron chi connectivity index (χ2n) is 4.97. The predicted molar refractivity (Wildman–Crippen MR) is 59.9 cm³/mol. The van der Waals surface area contributed by atoms with Gasteiger partial charge in [0.2, 0.25) is 6.29 Å². The Labute approximate surface area is 95.4 Å². The number of benzene rings is 1. The van der Waals surface area contributed by atoms with Crippen molar-refractivity contribution in [2.45, 2.75) is 32.5 Å². The van der Waals surface area contributed by atoms with Crippen molar-refractivity contribution in [2.75, 3.05) is 6.61 Å². The zero-order chi connectivity index (χ0) is 11.8. The smallest absolute Gasteiger partial charge is 0.334 e. The van der Waals surface area contributed by atoms with Crippen LogP contribution >= 0.6 is 0 Å². The minimum absolute atomic E-state index is 0.00888. The fraction of sp³-hybridized carbons (Fsp3) is 0.462. The Morgan fingerprint density at radius 3 is 2.50 bits per heavy atom. The number of rotatable bonds is 1. The summed E-state index contributed by atoms with van der Waals surface area (Å²) in [6, 6.07) is 7.91. The second-order valence-corrected chi connectivity index (χ2v) is 4.97. The van der Waals surface area contributed by atoms with Crippen LogP contribution in [-0.2, 0) is 19.7 Å². The predicted octanol–water partition coefficient (Wildman–Crippen LogP) is 2.56. The van der Waals surface area contributed by atoms with E-state index >= 15 is 0 Å². The highest BCUT2D eigenvalue weighted by Gasteiger charge is 2.30. The summed E-state index contributed by atoms with van der Waals surface area (Å²) in [5, 5.41) is 0. The van der Waals surface area contributed by atoms with Gasteiger partial charge in [0, 0.05) is 5.56 Å². The maximum Gasteiger partial charge on any atom is 0.334 e. The van der Waals surface area contributed by atoms with E-state index in [1.807, 2.05) is 24.3 Å². The van der Waals surface area contributed by atoms with Crippen LogP contribution in [-0.4, -0.2) is 12.6 Å². The molecule has 1 aliphatic heterocycles. The maximum atomic E-state index is 11.0. The third kappa shape index (κ3) is 2.09. The molecule has 0 unspecified atom stereocenters. The Morgan fingerprint density at radius 1 is 1.25 bits per heavy atom. The number of carbonyl (C=O) groups is 1. The first-order chi connectivity index (χ1) is 7.48. The molecule has 3 nitrogen and oxygen atoms in total. The fourth-order valence-electron chi connectivity index (χ4n) is 1.87. The molecule has 1 aromatic rings. The van der Waals surface area contributed by atoms with Crippen molar-refractivity contribution in [3.05, 3.63) is 35.4 Å². The lowest BCUT2D eigenvalue weighted by molar-refractivity contribution is -0.143. The number of hydrogen-bond acceptors (Lipinski definition) is 3. The van der Waals surface area contributed by atoms with Crippen molar-refractivity contribution in [1.82, 2.24) is 0 Å². The zero-order valence-corrected chi connectivity index (χ0v) is 9.82. The van der Waals surface area contributed by atoms with Gasteiger partial charge >= 0.3 is 5.97 Å². The molecule has 1 fully saturated rings. The van der Waals surface area contributed by atoms with Crippen molar-refractivity contribution in [3.8, 4) is 0 Å². The van der Waals surface area contributed by atoms with Crippen LogP contribution in [0.2, 0.25) is 0 Å². The topological polar surface area (TPSA) is 35.5 Å². The van der Waals surface area contributed by atoms with Gasteiger partial charge in [0.25, 0.3) is 0 Å². The summed E-state index contributed by atoms with van der Waals surface area (Å²) < 4.78 is 10.4. The van der Waals surface area contributed by atoms with E-state index in [2.05, 4.69) is 20.8 Å². The van der Waals surface area contributed by atoms with Crippen molar-refractivity contribution in [1.29, 1.82) is 0 Å². The molecule has 1 atom stereocenters. The highest BCUT2D eigenvalue weighted by molar-refractivity contribution is 5.72. The molecule has 86 valence electrons. The summed E-state index contributed by atoms with van der Waals surface area (Å²) in [5.74, 6) is -0.297. The molecule has 0 N–H and O–H groups in total. The third-order valence-electron chi connectivity index (χ3n) is 2.61. The number of carbonyl (C=O) groups excluding carboxylic acids is 1. The van der Waals surface area contributed by atoms with Crippen LogP contribution in [0.15, 0.2) is 24.3 Å². The van der Waals surface area contributed by atoms with E-state index in [1.165, 1.54) is 0 Å². The summed E-state index contributed by atoms with van der Waals surface area (Å²) in [6.07, 6.45) is -0.539. The molecular weight excluding hydrogens is 204 g/mol. The van der Waals surface area contributed by atoms with Crippen LogP contribution in [0.3, 0.4) is 0 Å². The molecule has 1 heterocycles. The zero-order valence-electron chi connectivity index (χ0n) is 9.82. The first-order valence-electron chi connectivity index (χ1n) is 5.39. The van der Waals surface area contributed by atoms with E-state index in [-0.39, 0.29) is 18.0 Å². The molecule has 1 aromatic carbocycles. The quantitative estimate of drug-likeness (QED) is 0.682. The largest absolute Gasteiger partial charge is 0.430 e. The van der Waals surface area contributed by atoms with Crippen LogP contribution in [0.25, 0.3) is 0 Å². The Balaban J connectivity index is 2.37. The Bertz CT molecular complexity index is 404. The molecule has 0 saturated carbocycles. The van der Waals surface area contributed by atoms with Gasteiger partial charge in [0.1, 0.15) is 6.61 Å². The van der Waals surface area contributed by atoms with Gasteiger partial charge in [-0.1, -0.05) is 45.0 Å².